The minimum atomic E-state index is -0.534. The minimum absolute atomic E-state index is 0.00592. The zero-order valence-electron chi connectivity index (χ0n) is 17.0. The van der Waals surface area contributed by atoms with Gasteiger partial charge in [0.2, 0.25) is 5.89 Å². The molecular weight excluding hydrogens is 380 g/mol. The van der Waals surface area contributed by atoms with Crippen LogP contribution in [-0.2, 0) is 4.74 Å². The first-order valence-corrected chi connectivity index (χ1v) is 10.1. The van der Waals surface area contributed by atoms with Crippen molar-refractivity contribution in [1.29, 1.82) is 0 Å². The zero-order valence-corrected chi connectivity index (χ0v) is 17.0. The number of rotatable bonds is 7. The molecule has 1 aromatic heterocycles. The molecular formula is C24H24N2O4. The Bertz CT molecular complexity index is 1010. The molecule has 2 aromatic carbocycles. The van der Waals surface area contributed by atoms with Gasteiger partial charge in [-0.15, -0.1) is 0 Å². The number of aldehydes is 1. The van der Waals surface area contributed by atoms with E-state index >= 15 is 0 Å². The Hall–Kier alpha value is -3.41. The van der Waals surface area contributed by atoms with Crippen molar-refractivity contribution in [1.82, 2.24) is 10.3 Å². The lowest BCUT2D eigenvalue weighted by Gasteiger charge is -2.22. The molecule has 6 heteroatoms. The van der Waals surface area contributed by atoms with Crippen LogP contribution in [0.4, 0.5) is 4.79 Å². The average Bonchev–Trinajstić information content (AvgIpc) is 3.38. The van der Waals surface area contributed by atoms with E-state index in [2.05, 4.69) is 34.6 Å². The fraction of sp³-hybridized carbons (Fsp3) is 0.292. The topological polar surface area (TPSA) is 81.4 Å². The zero-order chi connectivity index (χ0) is 21.1. The Morgan fingerprint density at radius 3 is 2.37 bits per heavy atom. The molecule has 6 nitrogen and oxygen atoms in total. The van der Waals surface area contributed by atoms with Gasteiger partial charge in [0.1, 0.15) is 24.6 Å². The normalized spacial score (nSPS) is 14.5. The summed E-state index contributed by atoms with van der Waals surface area (Å²) < 4.78 is 11.0. The number of carbonyl (C=O) groups excluding carboxylic acids is 2. The van der Waals surface area contributed by atoms with Crippen LogP contribution in [0.2, 0.25) is 0 Å². The number of nitrogens with zero attached hydrogens (tertiary/aromatic N) is 1. The molecule has 0 saturated carbocycles. The van der Waals surface area contributed by atoms with Crippen LogP contribution in [0.1, 0.15) is 59.7 Å². The first-order chi connectivity index (χ1) is 14.6. The van der Waals surface area contributed by atoms with Crippen molar-refractivity contribution in [3.63, 3.8) is 0 Å². The molecule has 154 valence electrons. The molecule has 1 aliphatic carbocycles. The highest BCUT2D eigenvalue weighted by atomic mass is 16.5. The third kappa shape index (κ3) is 3.73. The van der Waals surface area contributed by atoms with Gasteiger partial charge >= 0.3 is 6.09 Å². The Morgan fingerprint density at radius 1 is 1.17 bits per heavy atom. The molecule has 3 aromatic rings. The van der Waals surface area contributed by atoms with E-state index < -0.39 is 12.1 Å². The molecule has 1 unspecified atom stereocenters. The molecule has 2 atom stereocenters. The molecule has 30 heavy (non-hydrogen) atoms. The largest absolute Gasteiger partial charge is 0.449 e. The van der Waals surface area contributed by atoms with E-state index in [0.717, 1.165) is 17.5 Å². The monoisotopic (exact) mass is 404 g/mol. The number of ether oxygens (including phenoxy) is 1. The summed E-state index contributed by atoms with van der Waals surface area (Å²) in [5.74, 6) is 0.359. The second-order valence-electron chi connectivity index (χ2n) is 7.56. The molecule has 1 heterocycles. The van der Waals surface area contributed by atoms with E-state index in [1.54, 1.807) is 0 Å². The van der Waals surface area contributed by atoms with Gasteiger partial charge in [-0.1, -0.05) is 68.8 Å². The summed E-state index contributed by atoms with van der Waals surface area (Å²) in [5.41, 5.74) is 4.88. The number of hydrogen-bond donors (Lipinski definition) is 1. The fourth-order valence-corrected chi connectivity index (χ4v) is 3.95. The number of carbonyl (C=O) groups is 2. The average molecular weight is 404 g/mol. The second kappa shape index (κ2) is 8.53. The first kappa shape index (κ1) is 19.9. The van der Waals surface area contributed by atoms with Gasteiger partial charge in [0.25, 0.3) is 0 Å². The van der Waals surface area contributed by atoms with Crippen molar-refractivity contribution in [2.24, 2.45) is 5.92 Å². The molecule has 1 aliphatic rings. The Morgan fingerprint density at radius 2 is 1.80 bits per heavy atom. The van der Waals surface area contributed by atoms with Crippen LogP contribution in [0.3, 0.4) is 0 Å². The number of benzene rings is 2. The fourth-order valence-electron chi connectivity index (χ4n) is 3.95. The van der Waals surface area contributed by atoms with Gasteiger partial charge in [-0.05, 0) is 28.2 Å². The highest BCUT2D eigenvalue weighted by Gasteiger charge is 2.30. The van der Waals surface area contributed by atoms with Crippen molar-refractivity contribution in [2.45, 2.75) is 32.2 Å². The molecule has 0 fully saturated rings. The van der Waals surface area contributed by atoms with E-state index in [9.17, 15) is 9.59 Å². The van der Waals surface area contributed by atoms with E-state index in [0.29, 0.717) is 12.2 Å². The second-order valence-corrected chi connectivity index (χ2v) is 7.56. The number of alkyl carbamates (subject to hydrolysis) is 1. The maximum absolute atomic E-state index is 12.6. The molecule has 0 aliphatic heterocycles. The van der Waals surface area contributed by atoms with Crippen LogP contribution in [-0.4, -0.2) is 24.0 Å². The van der Waals surface area contributed by atoms with E-state index in [1.165, 1.54) is 17.4 Å². The Kier molecular flexibility index (Phi) is 5.65. The van der Waals surface area contributed by atoms with Crippen molar-refractivity contribution < 1.29 is 18.7 Å². The summed E-state index contributed by atoms with van der Waals surface area (Å²) in [6, 6.07) is 15.9. The molecule has 0 bridgehead atoms. The molecule has 0 saturated heterocycles. The summed E-state index contributed by atoms with van der Waals surface area (Å²) in [6.07, 6.45) is 2.17. The Balaban J connectivity index is 1.48. The smallest absolute Gasteiger partial charge is 0.407 e. The highest BCUT2D eigenvalue weighted by molar-refractivity contribution is 5.79. The number of hydrogen-bond acceptors (Lipinski definition) is 5. The van der Waals surface area contributed by atoms with Crippen molar-refractivity contribution in [3.8, 4) is 11.1 Å². The summed E-state index contributed by atoms with van der Waals surface area (Å²) in [7, 11) is 0. The maximum atomic E-state index is 12.6. The molecule has 1 N–H and O–H groups in total. The van der Waals surface area contributed by atoms with Crippen molar-refractivity contribution in [3.05, 3.63) is 77.5 Å². The summed E-state index contributed by atoms with van der Waals surface area (Å²) in [6.45, 7) is 4.23. The van der Waals surface area contributed by atoms with Gasteiger partial charge < -0.3 is 14.5 Å². The van der Waals surface area contributed by atoms with Crippen LogP contribution in [0.5, 0.6) is 0 Å². The number of aromatic nitrogens is 1. The number of amides is 1. The molecule has 1 amide bonds. The van der Waals surface area contributed by atoms with Gasteiger partial charge in [0.15, 0.2) is 6.29 Å². The number of oxazole rings is 1. The van der Waals surface area contributed by atoms with Gasteiger partial charge in [-0.3, -0.25) is 4.79 Å². The van der Waals surface area contributed by atoms with Crippen LogP contribution in [0, 0.1) is 5.92 Å². The minimum Gasteiger partial charge on any atom is -0.449 e. The lowest BCUT2D eigenvalue weighted by Crippen LogP contribution is -2.34. The lowest BCUT2D eigenvalue weighted by molar-refractivity contribution is 0.111. The van der Waals surface area contributed by atoms with Gasteiger partial charge in [0, 0.05) is 5.92 Å². The predicted octanol–water partition coefficient (Wildman–Crippen LogP) is 5.11. The number of fused-ring (bicyclic) bond motifs is 3. The molecule has 4 rings (SSSR count). The Labute approximate surface area is 175 Å². The maximum Gasteiger partial charge on any atom is 0.407 e. The predicted molar refractivity (Wildman–Crippen MR) is 112 cm³/mol. The van der Waals surface area contributed by atoms with Crippen LogP contribution in [0.15, 0.2) is 59.2 Å². The lowest BCUT2D eigenvalue weighted by atomic mass is 9.98. The first-order valence-electron chi connectivity index (χ1n) is 10.1. The SMILES string of the molecule is CCC(C)[C@H](NC(=O)OCC1c2ccccc2-c2ccccc21)c1nc(C=O)co1. The summed E-state index contributed by atoms with van der Waals surface area (Å²) in [4.78, 5) is 27.7. The van der Waals surface area contributed by atoms with E-state index in [4.69, 9.17) is 9.15 Å². The van der Waals surface area contributed by atoms with Gasteiger partial charge in [-0.2, -0.15) is 0 Å². The van der Waals surface area contributed by atoms with Crippen LogP contribution >= 0.6 is 0 Å². The third-order valence-electron chi connectivity index (χ3n) is 5.76. The van der Waals surface area contributed by atoms with Gasteiger partial charge in [0.05, 0.1) is 0 Å². The van der Waals surface area contributed by atoms with Crippen LogP contribution < -0.4 is 5.32 Å². The van der Waals surface area contributed by atoms with Crippen molar-refractivity contribution >= 4 is 12.4 Å². The standard InChI is InChI=1S/C24H24N2O4/c1-3-15(2)22(23-25-16(12-27)13-29-23)26-24(28)30-14-21-19-10-6-4-8-17(19)18-9-5-7-11-20(18)21/h4-13,15,21-22H,3,14H2,1-2H3,(H,26,28)/t15?,22-/m0/s1. The summed E-state index contributed by atoms with van der Waals surface area (Å²) >= 11 is 0. The third-order valence-corrected chi connectivity index (χ3v) is 5.76. The van der Waals surface area contributed by atoms with E-state index in [-0.39, 0.29) is 24.1 Å². The highest BCUT2D eigenvalue weighted by Crippen LogP contribution is 2.44. The summed E-state index contributed by atoms with van der Waals surface area (Å²) in [5, 5.41) is 2.86. The van der Waals surface area contributed by atoms with Crippen molar-refractivity contribution in [2.75, 3.05) is 6.61 Å². The molecule has 0 radical (unpaired) electrons. The van der Waals surface area contributed by atoms with E-state index in [1.807, 2.05) is 38.1 Å². The molecule has 0 spiro atoms. The van der Waals surface area contributed by atoms with Crippen LogP contribution in [0.25, 0.3) is 11.1 Å². The number of nitrogens with one attached hydrogen (secondary N) is 1. The quantitative estimate of drug-likeness (QED) is 0.553. The van der Waals surface area contributed by atoms with Gasteiger partial charge in [-0.25, -0.2) is 9.78 Å².